The Morgan fingerprint density at radius 1 is 1.50 bits per heavy atom. The molecule has 2 rings (SSSR count). The number of carboxylic acid groups (broad SMARTS) is 1. The van der Waals surface area contributed by atoms with Gasteiger partial charge in [0.15, 0.2) is 6.10 Å². The number of ether oxygens (including phenoxy) is 1. The SMILES string of the molecule is O=C(O)C1CCc2cc(O)ccc2O1. The molecule has 0 aliphatic carbocycles. The van der Waals surface area contributed by atoms with Crippen molar-refractivity contribution in [2.75, 3.05) is 0 Å². The van der Waals surface area contributed by atoms with E-state index in [-0.39, 0.29) is 5.75 Å². The van der Waals surface area contributed by atoms with Crippen molar-refractivity contribution in [3.63, 3.8) is 0 Å². The smallest absolute Gasteiger partial charge is 0.344 e. The molecule has 0 fully saturated rings. The molecule has 0 saturated heterocycles. The van der Waals surface area contributed by atoms with Crippen LogP contribution in [0.25, 0.3) is 0 Å². The van der Waals surface area contributed by atoms with Gasteiger partial charge in [0, 0.05) is 0 Å². The lowest BCUT2D eigenvalue weighted by atomic mass is 10.0. The van der Waals surface area contributed by atoms with Crippen LogP contribution < -0.4 is 4.74 Å². The Kier molecular flexibility index (Phi) is 2.04. The first-order valence-electron chi connectivity index (χ1n) is 4.38. The minimum absolute atomic E-state index is 0.182. The van der Waals surface area contributed by atoms with Crippen molar-refractivity contribution in [3.8, 4) is 11.5 Å². The van der Waals surface area contributed by atoms with Crippen LogP contribution in [0.3, 0.4) is 0 Å². The molecule has 1 atom stereocenters. The van der Waals surface area contributed by atoms with Crippen LogP contribution in [-0.2, 0) is 11.2 Å². The number of phenols is 1. The molecular weight excluding hydrogens is 184 g/mol. The monoisotopic (exact) mass is 194 g/mol. The lowest BCUT2D eigenvalue weighted by Gasteiger charge is -2.22. The third-order valence-electron chi connectivity index (χ3n) is 2.26. The average Bonchev–Trinajstić information content (AvgIpc) is 2.16. The summed E-state index contributed by atoms with van der Waals surface area (Å²) in [5, 5.41) is 17.9. The highest BCUT2D eigenvalue weighted by Crippen LogP contribution is 2.30. The van der Waals surface area contributed by atoms with Crippen LogP contribution >= 0.6 is 0 Å². The Balaban J connectivity index is 2.27. The van der Waals surface area contributed by atoms with Crippen molar-refractivity contribution in [2.45, 2.75) is 18.9 Å². The number of fused-ring (bicyclic) bond motifs is 1. The molecule has 0 amide bonds. The summed E-state index contributed by atoms with van der Waals surface area (Å²) in [6, 6.07) is 4.69. The molecule has 1 aliphatic rings. The number of hydrogen-bond donors (Lipinski definition) is 2. The molecule has 0 aromatic heterocycles. The van der Waals surface area contributed by atoms with Gasteiger partial charge in [0.25, 0.3) is 0 Å². The minimum Gasteiger partial charge on any atom is -0.508 e. The Morgan fingerprint density at radius 2 is 2.29 bits per heavy atom. The fourth-order valence-electron chi connectivity index (χ4n) is 1.55. The predicted octanol–water partition coefficient (Wildman–Crippen LogP) is 1.17. The van der Waals surface area contributed by atoms with Crippen LogP contribution in [0.5, 0.6) is 11.5 Å². The molecule has 74 valence electrons. The van der Waals surface area contributed by atoms with Gasteiger partial charge in [-0.25, -0.2) is 4.79 Å². The second kappa shape index (κ2) is 3.21. The molecule has 4 nitrogen and oxygen atoms in total. The summed E-state index contributed by atoms with van der Waals surface area (Å²) in [5.74, 6) is -0.202. The Morgan fingerprint density at radius 3 is 3.00 bits per heavy atom. The molecule has 0 spiro atoms. The summed E-state index contributed by atoms with van der Waals surface area (Å²) in [5.41, 5.74) is 0.863. The van der Waals surface area contributed by atoms with Crippen molar-refractivity contribution >= 4 is 5.97 Å². The molecule has 2 N–H and O–H groups in total. The van der Waals surface area contributed by atoms with Gasteiger partial charge in [-0.15, -0.1) is 0 Å². The largest absolute Gasteiger partial charge is 0.508 e. The van der Waals surface area contributed by atoms with E-state index in [4.69, 9.17) is 9.84 Å². The summed E-state index contributed by atoms with van der Waals surface area (Å²) in [7, 11) is 0. The Labute approximate surface area is 80.7 Å². The maximum absolute atomic E-state index is 10.7. The van der Waals surface area contributed by atoms with Crippen molar-refractivity contribution < 1.29 is 19.7 Å². The van der Waals surface area contributed by atoms with Crippen molar-refractivity contribution in [3.05, 3.63) is 23.8 Å². The third-order valence-corrected chi connectivity index (χ3v) is 2.26. The van der Waals surface area contributed by atoms with Crippen molar-refractivity contribution in [1.29, 1.82) is 0 Å². The second-order valence-electron chi connectivity index (χ2n) is 3.28. The Bertz CT molecular complexity index is 372. The quantitative estimate of drug-likeness (QED) is 0.704. The maximum Gasteiger partial charge on any atom is 0.344 e. The van der Waals surface area contributed by atoms with Crippen molar-refractivity contribution in [1.82, 2.24) is 0 Å². The summed E-state index contributed by atoms with van der Waals surface area (Å²) in [4.78, 5) is 10.7. The number of hydrogen-bond acceptors (Lipinski definition) is 3. The van der Waals surface area contributed by atoms with Crippen molar-refractivity contribution in [2.24, 2.45) is 0 Å². The number of carbonyl (C=O) groups is 1. The zero-order valence-electron chi connectivity index (χ0n) is 7.43. The van der Waals surface area contributed by atoms with Gasteiger partial charge >= 0.3 is 5.97 Å². The lowest BCUT2D eigenvalue weighted by Crippen LogP contribution is -2.30. The van der Waals surface area contributed by atoms with Crippen LogP contribution in [0.1, 0.15) is 12.0 Å². The summed E-state index contributed by atoms with van der Waals surface area (Å²) in [6.45, 7) is 0. The van der Waals surface area contributed by atoms with Gasteiger partial charge in [0.05, 0.1) is 0 Å². The lowest BCUT2D eigenvalue weighted by molar-refractivity contribution is -0.145. The predicted molar refractivity (Wildman–Crippen MR) is 48.5 cm³/mol. The van der Waals surface area contributed by atoms with Crippen LogP contribution in [0.2, 0.25) is 0 Å². The first kappa shape index (κ1) is 8.87. The highest BCUT2D eigenvalue weighted by atomic mass is 16.5. The average molecular weight is 194 g/mol. The van der Waals surface area contributed by atoms with Gasteiger partial charge in [-0.2, -0.15) is 0 Å². The van der Waals surface area contributed by atoms with E-state index >= 15 is 0 Å². The van der Waals surface area contributed by atoms with Gasteiger partial charge in [-0.1, -0.05) is 0 Å². The molecular formula is C10H10O4. The molecule has 0 saturated carbocycles. The molecule has 14 heavy (non-hydrogen) atoms. The number of rotatable bonds is 1. The van der Waals surface area contributed by atoms with Crippen LogP contribution in [0.15, 0.2) is 18.2 Å². The van der Waals surface area contributed by atoms with Gasteiger partial charge in [0.1, 0.15) is 11.5 Å². The number of carboxylic acids is 1. The first-order chi connectivity index (χ1) is 6.66. The maximum atomic E-state index is 10.7. The van der Waals surface area contributed by atoms with E-state index < -0.39 is 12.1 Å². The van der Waals surface area contributed by atoms with E-state index in [0.717, 1.165) is 5.56 Å². The molecule has 1 heterocycles. The van der Waals surface area contributed by atoms with Gasteiger partial charge in [-0.05, 0) is 36.6 Å². The second-order valence-corrected chi connectivity index (χ2v) is 3.28. The van der Waals surface area contributed by atoms with E-state index in [0.29, 0.717) is 18.6 Å². The van der Waals surface area contributed by atoms with E-state index in [9.17, 15) is 9.90 Å². The number of phenolic OH excluding ortho intramolecular Hbond substituents is 1. The normalized spacial score (nSPS) is 19.6. The zero-order chi connectivity index (χ0) is 10.1. The molecule has 4 heteroatoms. The van der Waals surface area contributed by atoms with E-state index in [1.807, 2.05) is 0 Å². The number of aromatic hydroxyl groups is 1. The molecule has 1 unspecified atom stereocenters. The van der Waals surface area contributed by atoms with Crippen LogP contribution in [0.4, 0.5) is 0 Å². The van der Waals surface area contributed by atoms with Gasteiger partial charge < -0.3 is 14.9 Å². The van der Waals surface area contributed by atoms with Gasteiger partial charge in [-0.3, -0.25) is 0 Å². The summed E-state index contributed by atoms with van der Waals surface area (Å²) in [6.07, 6.45) is 0.319. The number of aryl methyl sites for hydroxylation is 1. The van der Waals surface area contributed by atoms with Crippen LogP contribution in [0, 0.1) is 0 Å². The molecule has 1 aromatic carbocycles. The highest BCUT2D eigenvalue weighted by Gasteiger charge is 2.25. The highest BCUT2D eigenvalue weighted by molar-refractivity contribution is 5.73. The van der Waals surface area contributed by atoms with E-state index in [1.165, 1.54) is 6.07 Å². The van der Waals surface area contributed by atoms with Crippen LogP contribution in [-0.4, -0.2) is 22.3 Å². The zero-order valence-corrected chi connectivity index (χ0v) is 7.43. The number of benzene rings is 1. The topological polar surface area (TPSA) is 66.8 Å². The molecule has 1 aliphatic heterocycles. The van der Waals surface area contributed by atoms with E-state index in [2.05, 4.69) is 0 Å². The molecule has 0 radical (unpaired) electrons. The fraction of sp³-hybridized carbons (Fsp3) is 0.300. The van der Waals surface area contributed by atoms with E-state index in [1.54, 1.807) is 12.1 Å². The summed E-state index contributed by atoms with van der Waals surface area (Å²) >= 11 is 0. The molecule has 0 bridgehead atoms. The fourth-order valence-corrected chi connectivity index (χ4v) is 1.55. The minimum atomic E-state index is -0.941. The Hall–Kier alpha value is -1.71. The third kappa shape index (κ3) is 1.51. The standard InChI is InChI=1S/C10H10O4/c11-7-2-4-8-6(5-7)1-3-9(14-8)10(12)13/h2,4-5,9,11H,1,3H2,(H,12,13). The summed E-state index contributed by atoms with van der Waals surface area (Å²) < 4.78 is 5.24. The number of aliphatic carboxylic acids is 1. The molecule has 1 aromatic rings. The first-order valence-corrected chi connectivity index (χ1v) is 4.38. The van der Waals surface area contributed by atoms with Gasteiger partial charge in [0.2, 0.25) is 0 Å².